The van der Waals surface area contributed by atoms with Crippen LogP contribution in [0, 0.1) is 0 Å². The van der Waals surface area contributed by atoms with Crippen molar-refractivity contribution in [1.82, 2.24) is 5.32 Å². The Morgan fingerprint density at radius 3 is 2.70 bits per heavy atom. The van der Waals surface area contributed by atoms with E-state index in [0.29, 0.717) is 0 Å². The van der Waals surface area contributed by atoms with Gasteiger partial charge in [0.1, 0.15) is 0 Å². The summed E-state index contributed by atoms with van der Waals surface area (Å²) in [5.41, 5.74) is 0. The molecule has 0 aromatic rings. The fourth-order valence-electron chi connectivity index (χ4n) is 0.536. The van der Waals surface area contributed by atoms with E-state index in [4.69, 9.17) is 0 Å². The van der Waals surface area contributed by atoms with Gasteiger partial charge in [0.15, 0.2) is 0 Å². The fraction of sp³-hybridized carbons (Fsp3) is 0.500. The average molecular weight is 157 g/mol. The zero-order chi connectivity index (χ0) is 7.82. The second-order valence-corrected chi connectivity index (χ2v) is 2.76. The lowest BCUT2D eigenvalue weighted by Crippen LogP contribution is -2.00. The summed E-state index contributed by atoms with van der Waals surface area (Å²) in [5.74, 6) is 0. The minimum absolute atomic E-state index is 1.08. The number of nitrogens with one attached hydrogen (secondary N) is 1. The van der Waals surface area contributed by atoms with Crippen LogP contribution in [0.5, 0.6) is 0 Å². The number of rotatable bonds is 4. The molecule has 0 spiro atoms. The van der Waals surface area contributed by atoms with Gasteiger partial charge in [-0.25, -0.2) is 0 Å². The van der Waals surface area contributed by atoms with Gasteiger partial charge in [-0.05, 0) is 18.8 Å². The predicted molar refractivity (Wildman–Crippen MR) is 49.8 cm³/mol. The first kappa shape index (κ1) is 9.63. The van der Waals surface area contributed by atoms with E-state index in [0.717, 1.165) is 6.42 Å². The Bertz CT molecular complexity index is 127. The molecule has 0 radical (unpaired) electrons. The largest absolute Gasteiger partial charge is 0.383 e. The van der Waals surface area contributed by atoms with Gasteiger partial charge in [0.25, 0.3) is 0 Å². The molecule has 0 unspecified atom stereocenters. The molecular weight excluding hydrogens is 142 g/mol. The van der Waals surface area contributed by atoms with E-state index in [1.54, 1.807) is 11.8 Å². The maximum absolute atomic E-state index is 3.11. The molecule has 58 valence electrons. The Morgan fingerprint density at radius 2 is 2.30 bits per heavy atom. The topological polar surface area (TPSA) is 12.0 Å². The van der Waals surface area contributed by atoms with Crippen LogP contribution in [-0.2, 0) is 0 Å². The van der Waals surface area contributed by atoms with Gasteiger partial charge < -0.3 is 5.32 Å². The molecular formula is C8H15NS. The van der Waals surface area contributed by atoms with Crippen LogP contribution in [0.4, 0.5) is 0 Å². The summed E-state index contributed by atoms with van der Waals surface area (Å²) < 4.78 is 0. The van der Waals surface area contributed by atoms with Crippen LogP contribution in [0.3, 0.4) is 0 Å². The smallest absolute Gasteiger partial charge is 0.0680 e. The van der Waals surface area contributed by atoms with Crippen molar-refractivity contribution in [3.63, 3.8) is 0 Å². The van der Waals surface area contributed by atoms with Crippen LogP contribution in [0.1, 0.15) is 20.3 Å². The number of thioether (sulfide) groups is 1. The first-order valence-corrected chi connectivity index (χ1v) is 4.38. The van der Waals surface area contributed by atoms with E-state index in [2.05, 4.69) is 23.7 Å². The van der Waals surface area contributed by atoms with E-state index in [1.165, 1.54) is 5.03 Å². The van der Waals surface area contributed by atoms with Crippen molar-refractivity contribution in [2.45, 2.75) is 20.3 Å². The maximum Gasteiger partial charge on any atom is 0.0680 e. The van der Waals surface area contributed by atoms with Crippen LogP contribution in [0.25, 0.3) is 0 Å². The minimum atomic E-state index is 1.08. The van der Waals surface area contributed by atoms with Crippen molar-refractivity contribution >= 4 is 11.8 Å². The van der Waals surface area contributed by atoms with Gasteiger partial charge >= 0.3 is 0 Å². The molecule has 2 heteroatoms. The minimum Gasteiger partial charge on any atom is -0.383 e. The Balaban J connectivity index is 3.71. The van der Waals surface area contributed by atoms with Crippen LogP contribution in [0.15, 0.2) is 22.6 Å². The molecule has 1 nitrogen and oxygen atoms in total. The summed E-state index contributed by atoms with van der Waals surface area (Å²) in [5, 5.41) is 6.40. The van der Waals surface area contributed by atoms with Gasteiger partial charge in [0, 0.05) is 7.05 Å². The van der Waals surface area contributed by atoms with Gasteiger partial charge in [-0.2, -0.15) is 0 Å². The molecule has 0 bridgehead atoms. The van der Waals surface area contributed by atoms with Crippen molar-refractivity contribution in [3.8, 4) is 0 Å². The zero-order valence-corrected chi connectivity index (χ0v) is 7.66. The average Bonchev–Trinajstić information content (AvgIpc) is 1.98. The van der Waals surface area contributed by atoms with Crippen molar-refractivity contribution < 1.29 is 0 Å². The van der Waals surface area contributed by atoms with Crippen LogP contribution < -0.4 is 5.32 Å². The Morgan fingerprint density at radius 1 is 1.60 bits per heavy atom. The molecule has 0 aromatic carbocycles. The molecule has 0 saturated carbocycles. The summed E-state index contributed by atoms with van der Waals surface area (Å²) in [6.07, 6.45) is 5.29. The Kier molecular flexibility index (Phi) is 6.50. The summed E-state index contributed by atoms with van der Waals surface area (Å²) in [7, 11) is 1.94. The third-order valence-corrected chi connectivity index (χ3v) is 2.00. The van der Waals surface area contributed by atoms with Gasteiger partial charge in [0.05, 0.1) is 5.03 Å². The first-order chi connectivity index (χ1) is 4.85. The molecule has 0 aliphatic heterocycles. The van der Waals surface area contributed by atoms with E-state index < -0.39 is 0 Å². The molecule has 0 heterocycles. The highest BCUT2D eigenvalue weighted by Gasteiger charge is 1.86. The van der Waals surface area contributed by atoms with Crippen molar-refractivity contribution in [3.05, 3.63) is 22.6 Å². The predicted octanol–water partition coefficient (Wildman–Crippen LogP) is 2.72. The standard InChI is InChI=1S/C8H15NS/c1-4-6-8(9-3)10-7-5-2/h5-7,9H,4H2,1-3H3/b7-5-,8-6-. The summed E-state index contributed by atoms with van der Waals surface area (Å²) in [4.78, 5) is 0. The van der Waals surface area contributed by atoms with Crippen molar-refractivity contribution in [2.75, 3.05) is 7.05 Å². The summed E-state index contributed by atoms with van der Waals surface area (Å²) in [6.45, 7) is 4.15. The van der Waals surface area contributed by atoms with Gasteiger partial charge in [-0.3, -0.25) is 0 Å². The highest BCUT2D eigenvalue weighted by Crippen LogP contribution is 2.13. The highest BCUT2D eigenvalue weighted by atomic mass is 32.2. The monoisotopic (exact) mass is 157 g/mol. The second-order valence-electron chi connectivity index (χ2n) is 1.81. The van der Waals surface area contributed by atoms with Crippen LogP contribution in [-0.4, -0.2) is 7.05 Å². The number of allylic oxidation sites excluding steroid dienone is 2. The fourth-order valence-corrected chi connectivity index (χ4v) is 1.20. The van der Waals surface area contributed by atoms with Gasteiger partial charge in [-0.1, -0.05) is 30.8 Å². The molecule has 10 heavy (non-hydrogen) atoms. The van der Waals surface area contributed by atoms with Crippen molar-refractivity contribution in [2.24, 2.45) is 0 Å². The third kappa shape index (κ3) is 4.50. The molecule has 0 fully saturated rings. The van der Waals surface area contributed by atoms with Gasteiger partial charge in [0.2, 0.25) is 0 Å². The summed E-state index contributed by atoms with van der Waals surface area (Å²) in [6, 6.07) is 0. The lowest BCUT2D eigenvalue weighted by molar-refractivity contribution is 1.05. The van der Waals surface area contributed by atoms with Crippen molar-refractivity contribution in [1.29, 1.82) is 0 Å². The quantitative estimate of drug-likeness (QED) is 0.673. The highest BCUT2D eigenvalue weighted by molar-refractivity contribution is 8.05. The molecule has 0 amide bonds. The van der Waals surface area contributed by atoms with Gasteiger partial charge in [-0.15, -0.1) is 0 Å². The molecule has 0 aliphatic carbocycles. The maximum atomic E-state index is 3.11. The molecule has 0 rings (SSSR count). The molecule has 0 atom stereocenters. The SMILES string of the molecule is C/C=C\S/C(=C\CC)NC. The number of hydrogen-bond donors (Lipinski definition) is 1. The van der Waals surface area contributed by atoms with E-state index in [1.807, 2.05) is 20.0 Å². The zero-order valence-electron chi connectivity index (χ0n) is 6.85. The van der Waals surface area contributed by atoms with E-state index in [9.17, 15) is 0 Å². The molecule has 0 saturated heterocycles. The lowest BCUT2D eigenvalue weighted by atomic mass is 10.5. The second kappa shape index (κ2) is 6.75. The van der Waals surface area contributed by atoms with Crippen LogP contribution >= 0.6 is 11.8 Å². The molecule has 1 N–H and O–H groups in total. The summed E-state index contributed by atoms with van der Waals surface area (Å²) >= 11 is 1.72. The lowest BCUT2D eigenvalue weighted by Gasteiger charge is -2.00. The normalized spacial score (nSPS) is 12.5. The Labute approximate surface area is 67.6 Å². The van der Waals surface area contributed by atoms with E-state index >= 15 is 0 Å². The first-order valence-electron chi connectivity index (χ1n) is 3.50. The molecule has 0 aromatic heterocycles. The van der Waals surface area contributed by atoms with E-state index in [-0.39, 0.29) is 0 Å². The third-order valence-electron chi connectivity index (χ3n) is 0.967. The van der Waals surface area contributed by atoms with Crippen LogP contribution in [0.2, 0.25) is 0 Å². The number of hydrogen-bond acceptors (Lipinski definition) is 2. The Hall–Kier alpha value is -0.370. The molecule has 0 aliphatic rings.